The van der Waals surface area contributed by atoms with Gasteiger partial charge in [0, 0.05) is 5.02 Å². The van der Waals surface area contributed by atoms with Crippen LogP contribution in [0.2, 0.25) is 5.02 Å². The van der Waals surface area contributed by atoms with Crippen molar-refractivity contribution in [2.24, 2.45) is 4.99 Å². The van der Waals surface area contributed by atoms with Gasteiger partial charge < -0.3 is 5.32 Å². The van der Waals surface area contributed by atoms with Crippen LogP contribution in [-0.2, 0) is 11.2 Å². The van der Waals surface area contributed by atoms with Crippen molar-refractivity contribution in [2.75, 3.05) is 0 Å². The fraction of sp³-hybridized carbons (Fsp3) is 0.111. The van der Waals surface area contributed by atoms with Gasteiger partial charge in [0.1, 0.15) is 0 Å². The average molecular weight is 343 g/mol. The highest BCUT2D eigenvalue weighted by Crippen LogP contribution is 2.28. The molecule has 23 heavy (non-hydrogen) atoms. The number of aryl methyl sites for hydroxylation is 1. The summed E-state index contributed by atoms with van der Waals surface area (Å²) >= 11 is 7.19. The molecule has 5 heteroatoms. The van der Waals surface area contributed by atoms with Crippen LogP contribution in [0, 0.1) is 0 Å². The van der Waals surface area contributed by atoms with E-state index in [1.165, 1.54) is 17.3 Å². The topological polar surface area (TPSA) is 41.5 Å². The minimum Gasteiger partial charge on any atom is -0.300 e. The van der Waals surface area contributed by atoms with E-state index in [9.17, 15) is 4.79 Å². The largest absolute Gasteiger partial charge is 0.300 e. The van der Waals surface area contributed by atoms with E-state index in [0.29, 0.717) is 15.1 Å². The van der Waals surface area contributed by atoms with Crippen molar-refractivity contribution >= 4 is 46.2 Å². The van der Waals surface area contributed by atoms with Crippen LogP contribution >= 0.6 is 23.4 Å². The molecule has 116 valence electrons. The Kier molecular flexibility index (Phi) is 4.84. The molecule has 0 radical (unpaired) electrons. The molecule has 1 N–H and O–H groups in total. The number of halogens is 1. The van der Waals surface area contributed by atoms with Gasteiger partial charge in [-0.25, -0.2) is 4.99 Å². The van der Waals surface area contributed by atoms with E-state index >= 15 is 0 Å². The summed E-state index contributed by atoms with van der Waals surface area (Å²) in [5.41, 5.74) is 3.04. The lowest BCUT2D eigenvalue weighted by molar-refractivity contribution is -0.115. The maximum Gasteiger partial charge on any atom is 0.264 e. The smallest absolute Gasteiger partial charge is 0.264 e. The molecule has 3 nitrogen and oxygen atoms in total. The molecular formula is C18H15ClN2OS. The molecule has 0 unspecified atom stereocenters. The zero-order valence-corrected chi connectivity index (χ0v) is 14.1. The monoisotopic (exact) mass is 342 g/mol. The number of nitrogens with one attached hydrogen (secondary N) is 1. The van der Waals surface area contributed by atoms with Crippen molar-refractivity contribution in [3.05, 3.63) is 69.6 Å². The summed E-state index contributed by atoms with van der Waals surface area (Å²) in [6, 6.07) is 15.4. The van der Waals surface area contributed by atoms with E-state index in [1.54, 1.807) is 12.1 Å². The minimum absolute atomic E-state index is 0.123. The number of carbonyl (C=O) groups is 1. The third-order valence-electron chi connectivity index (χ3n) is 3.39. The SMILES string of the molecule is CCc1ccc(C=C2SC(=Nc3ccc(Cl)cc3)NC2=O)cc1. The molecule has 0 aliphatic carbocycles. The third-order valence-corrected chi connectivity index (χ3v) is 4.56. The van der Waals surface area contributed by atoms with Gasteiger partial charge in [0.05, 0.1) is 10.6 Å². The Morgan fingerprint density at radius 2 is 1.83 bits per heavy atom. The van der Waals surface area contributed by atoms with Gasteiger partial charge in [0.25, 0.3) is 5.91 Å². The van der Waals surface area contributed by atoms with Crippen molar-refractivity contribution in [2.45, 2.75) is 13.3 Å². The van der Waals surface area contributed by atoms with Gasteiger partial charge in [-0.2, -0.15) is 0 Å². The summed E-state index contributed by atoms with van der Waals surface area (Å²) in [6.45, 7) is 2.12. The predicted molar refractivity (Wildman–Crippen MR) is 98.1 cm³/mol. The van der Waals surface area contributed by atoms with Crippen molar-refractivity contribution < 1.29 is 4.79 Å². The number of benzene rings is 2. The van der Waals surface area contributed by atoms with E-state index < -0.39 is 0 Å². The Morgan fingerprint density at radius 3 is 2.48 bits per heavy atom. The number of hydrogen-bond acceptors (Lipinski definition) is 3. The first kappa shape index (κ1) is 15.8. The summed E-state index contributed by atoms with van der Waals surface area (Å²) in [7, 11) is 0. The molecule has 0 atom stereocenters. The van der Waals surface area contributed by atoms with Crippen molar-refractivity contribution in [3.8, 4) is 0 Å². The van der Waals surface area contributed by atoms with Gasteiger partial charge >= 0.3 is 0 Å². The van der Waals surface area contributed by atoms with E-state index in [-0.39, 0.29) is 5.91 Å². The van der Waals surface area contributed by atoms with Gasteiger partial charge in [-0.15, -0.1) is 0 Å². The van der Waals surface area contributed by atoms with Gasteiger partial charge in [-0.1, -0.05) is 42.8 Å². The van der Waals surface area contributed by atoms with Crippen LogP contribution in [-0.4, -0.2) is 11.1 Å². The average Bonchev–Trinajstić information content (AvgIpc) is 2.90. The zero-order valence-electron chi connectivity index (χ0n) is 12.5. The number of thioether (sulfide) groups is 1. The van der Waals surface area contributed by atoms with E-state index in [1.807, 2.05) is 30.3 Å². The molecule has 3 rings (SSSR count). The first-order chi connectivity index (χ1) is 11.1. The molecule has 1 fully saturated rings. The quantitative estimate of drug-likeness (QED) is 0.814. The van der Waals surface area contributed by atoms with Crippen LogP contribution in [0.5, 0.6) is 0 Å². The van der Waals surface area contributed by atoms with Crippen LogP contribution in [0.15, 0.2) is 58.4 Å². The maximum atomic E-state index is 12.1. The highest BCUT2D eigenvalue weighted by molar-refractivity contribution is 8.18. The van der Waals surface area contributed by atoms with Gasteiger partial charge in [-0.05, 0) is 59.7 Å². The minimum atomic E-state index is -0.123. The molecule has 0 bridgehead atoms. The first-order valence-electron chi connectivity index (χ1n) is 7.28. The summed E-state index contributed by atoms with van der Waals surface area (Å²) in [5.74, 6) is -0.123. The third kappa shape index (κ3) is 4.03. The second-order valence-electron chi connectivity index (χ2n) is 5.05. The number of hydrogen-bond donors (Lipinski definition) is 1. The number of amides is 1. The van der Waals surface area contributed by atoms with Crippen LogP contribution < -0.4 is 5.32 Å². The fourth-order valence-corrected chi connectivity index (χ4v) is 3.08. The molecule has 2 aromatic carbocycles. The predicted octanol–water partition coefficient (Wildman–Crippen LogP) is 4.79. The molecule has 0 aromatic heterocycles. The van der Waals surface area contributed by atoms with Crippen LogP contribution in [0.3, 0.4) is 0 Å². The summed E-state index contributed by atoms with van der Waals surface area (Å²) < 4.78 is 0. The maximum absolute atomic E-state index is 12.1. The molecule has 1 saturated heterocycles. The molecular weight excluding hydrogens is 328 g/mol. The number of nitrogens with zero attached hydrogens (tertiary/aromatic N) is 1. The lowest BCUT2D eigenvalue weighted by atomic mass is 10.1. The Labute approximate surface area is 144 Å². The van der Waals surface area contributed by atoms with Crippen LogP contribution in [0.25, 0.3) is 6.08 Å². The van der Waals surface area contributed by atoms with E-state index in [2.05, 4.69) is 29.4 Å². The lowest BCUT2D eigenvalue weighted by Gasteiger charge is -1.98. The summed E-state index contributed by atoms with van der Waals surface area (Å²) in [4.78, 5) is 17.1. The standard InChI is InChI=1S/C18H15ClN2OS/c1-2-12-3-5-13(6-4-12)11-16-17(22)21-18(23-16)20-15-9-7-14(19)8-10-15/h3-11H,2H2,1H3,(H,20,21,22). The number of amidine groups is 1. The van der Waals surface area contributed by atoms with Crippen molar-refractivity contribution in [1.82, 2.24) is 5.32 Å². The number of aliphatic imine (C=N–C) groups is 1. The first-order valence-corrected chi connectivity index (χ1v) is 8.47. The normalized spacial score (nSPS) is 17.7. The molecule has 2 aromatic rings. The van der Waals surface area contributed by atoms with E-state index in [0.717, 1.165) is 17.7 Å². The Hall–Kier alpha value is -2.04. The summed E-state index contributed by atoms with van der Waals surface area (Å²) in [5, 5.41) is 4.02. The second kappa shape index (κ2) is 7.02. The van der Waals surface area contributed by atoms with Gasteiger partial charge in [0.2, 0.25) is 0 Å². The number of carbonyl (C=O) groups excluding carboxylic acids is 1. The fourth-order valence-electron chi connectivity index (χ4n) is 2.11. The second-order valence-corrected chi connectivity index (χ2v) is 6.52. The van der Waals surface area contributed by atoms with Crippen molar-refractivity contribution in [1.29, 1.82) is 0 Å². The highest BCUT2D eigenvalue weighted by Gasteiger charge is 2.23. The Morgan fingerprint density at radius 1 is 1.13 bits per heavy atom. The Bertz CT molecular complexity index is 780. The molecule has 0 saturated carbocycles. The molecule has 1 aliphatic rings. The van der Waals surface area contributed by atoms with Crippen molar-refractivity contribution in [3.63, 3.8) is 0 Å². The highest BCUT2D eigenvalue weighted by atomic mass is 35.5. The molecule has 1 heterocycles. The van der Waals surface area contributed by atoms with E-state index in [4.69, 9.17) is 11.6 Å². The molecule has 0 spiro atoms. The summed E-state index contributed by atoms with van der Waals surface area (Å²) in [6.07, 6.45) is 2.88. The lowest BCUT2D eigenvalue weighted by Crippen LogP contribution is -2.19. The Balaban J connectivity index is 1.78. The van der Waals surface area contributed by atoms with Gasteiger partial charge in [-0.3, -0.25) is 4.79 Å². The zero-order chi connectivity index (χ0) is 16.2. The molecule has 1 aliphatic heterocycles. The van der Waals surface area contributed by atoms with Gasteiger partial charge in [0.15, 0.2) is 5.17 Å². The van der Waals surface area contributed by atoms with Crippen LogP contribution in [0.1, 0.15) is 18.1 Å². The number of rotatable bonds is 3. The van der Waals surface area contributed by atoms with Crippen LogP contribution in [0.4, 0.5) is 5.69 Å². The molecule has 1 amide bonds.